The summed E-state index contributed by atoms with van der Waals surface area (Å²) in [7, 11) is 0. The molecule has 1 radical (unpaired) electrons. The molecule has 2 atom stereocenters. The normalized spacial score (nSPS) is 22.8. The second kappa shape index (κ2) is 16.4. The quantitative estimate of drug-likeness (QED) is 0.495. The van der Waals surface area contributed by atoms with Gasteiger partial charge in [0.25, 0.3) is 0 Å². The molecule has 0 heterocycles. The summed E-state index contributed by atoms with van der Waals surface area (Å²) < 4.78 is 0. The van der Waals surface area contributed by atoms with Gasteiger partial charge in [-0.15, -0.1) is 0 Å². The van der Waals surface area contributed by atoms with Crippen LogP contribution < -0.4 is 0 Å². The van der Waals surface area contributed by atoms with Crippen LogP contribution in [0.5, 0.6) is 0 Å². The Balaban J connectivity index is -0.000000214. The summed E-state index contributed by atoms with van der Waals surface area (Å²) in [6.45, 7) is 6.00. The summed E-state index contributed by atoms with van der Waals surface area (Å²) in [5, 5.41) is 0. The van der Waals surface area contributed by atoms with Crippen LogP contribution in [0.1, 0.15) is 19.3 Å². The van der Waals surface area contributed by atoms with Gasteiger partial charge in [-0.05, 0) is 12.3 Å². The molecule has 16 heavy (non-hydrogen) atoms. The first-order chi connectivity index (χ1) is 7.47. The number of fused-ring (bicyclic) bond motifs is 1. The van der Waals surface area contributed by atoms with Crippen LogP contribution in [0.15, 0.2) is 18.2 Å². The van der Waals surface area contributed by atoms with Crippen LogP contribution in [0.25, 0.3) is 0 Å². The molecule has 1 saturated carbocycles. The molecule has 0 aromatic carbocycles. The Bertz CT molecular complexity index is 182. The first-order valence-corrected chi connectivity index (χ1v) is 4.59. The van der Waals surface area contributed by atoms with E-state index in [9.17, 15) is 0 Å². The first-order valence-electron chi connectivity index (χ1n) is 4.59. The van der Waals surface area contributed by atoms with Crippen LogP contribution in [-0.4, -0.2) is 20.4 Å². The Labute approximate surface area is 107 Å². The van der Waals surface area contributed by atoms with E-state index in [2.05, 4.69) is 24.3 Å². The Hall–Kier alpha value is -0.991. The molecule has 2 rings (SSSR count). The van der Waals surface area contributed by atoms with Crippen molar-refractivity contribution in [1.29, 1.82) is 0 Å². The zero-order chi connectivity index (χ0) is 12.1. The number of hydrogen-bond donors (Lipinski definition) is 0. The summed E-state index contributed by atoms with van der Waals surface area (Å²) in [4.78, 5) is 24.0. The van der Waals surface area contributed by atoms with Gasteiger partial charge in [0.1, 0.15) is 20.4 Å². The molecule has 0 aliphatic heterocycles. The summed E-state index contributed by atoms with van der Waals surface area (Å²) in [5.41, 5.74) is 0. The number of carbonyl (C=O) groups excluding carboxylic acids is 3. The monoisotopic (exact) mass is 264 g/mol. The van der Waals surface area contributed by atoms with E-state index in [-0.39, 0.29) is 17.1 Å². The SMILES string of the molecule is C=O.C=O.C=O.[C-]1=CC=CC2CCCC12.[Mn]. The molecule has 0 saturated heterocycles. The van der Waals surface area contributed by atoms with Gasteiger partial charge in [0.2, 0.25) is 0 Å². The van der Waals surface area contributed by atoms with Crippen molar-refractivity contribution in [2.24, 2.45) is 11.8 Å². The van der Waals surface area contributed by atoms with Crippen LogP contribution in [-0.2, 0) is 31.5 Å². The van der Waals surface area contributed by atoms with Gasteiger partial charge in [-0.25, -0.2) is 12.2 Å². The fourth-order valence-electron chi connectivity index (χ4n) is 1.80. The zero-order valence-electron chi connectivity index (χ0n) is 9.23. The maximum absolute atomic E-state index is 8.00. The molecule has 1 fully saturated rings. The number of rotatable bonds is 0. The van der Waals surface area contributed by atoms with Crippen LogP contribution in [0, 0.1) is 17.9 Å². The molecule has 4 heteroatoms. The van der Waals surface area contributed by atoms with Crippen LogP contribution >= 0.6 is 0 Å². The minimum Gasteiger partial charge on any atom is -0.307 e. The number of hydrogen-bond acceptors (Lipinski definition) is 3. The molecule has 2 aliphatic carbocycles. The molecule has 0 N–H and O–H groups in total. The standard InChI is InChI=1S/C9H11.3CH2O.Mn/c1-2-5-9-7-3-6-8(9)4-1;3*1-2;/h1-2,4,8-9H,3,6-7H2;3*1H2;/q-1;;;;. The summed E-state index contributed by atoms with van der Waals surface area (Å²) >= 11 is 0. The van der Waals surface area contributed by atoms with Crippen LogP contribution in [0.2, 0.25) is 0 Å². The fourth-order valence-corrected chi connectivity index (χ4v) is 1.80. The predicted octanol–water partition coefficient (Wildman–Crippen LogP) is 1.77. The van der Waals surface area contributed by atoms with E-state index in [1.165, 1.54) is 19.3 Å². The third kappa shape index (κ3) is 7.32. The molecule has 2 unspecified atom stereocenters. The molecular formula is C12H17MnO3-. The molecule has 91 valence electrons. The van der Waals surface area contributed by atoms with Crippen molar-refractivity contribution < 1.29 is 31.5 Å². The average molecular weight is 264 g/mol. The Morgan fingerprint density at radius 1 is 1.00 bits per heavy atom. The van der Waals surface area contributed by atoms with Gasteiger partial charge in [-0.3, -0.25) is 6.08 Å². The van der Waals surface area contributed by atoms with E-state index in [0.29, 0.717) is 0 Å². The molecule has 0 aromatic heterocycles. The maximum Gasteiger partial charge on any atom is 0.106 e. The minimum absolute atomic E-state index is 0. The zero-order valence-corrected chi connectivity index (χ0v) is 10.4. The molecule has 3 nitrogen and oxygen atoms in total. The van der Waals surface area contributed by atoms with E-state index in [0.717, 1.165) is 11.8 Å². The van der Waals surface area contributed by atoms with Crippen molar-refractivity contribution in [2.45, 2.75) is 19.3 Å². The Morgan fingerprint density at radius 3 is 2.06 bits per heavy atom. The molecule has 2 aliphatic rings. The van der Waals surface area contributed by atoms with Crippen molar-refractivity contribution in [3.63, 3.8) is 0 Å². The minimum atomic E-state index is 0. The number of carbonyl (C=O) groups is 3. The fraction of sp³-hybridized carbons (Fsp3) is 0.417. The van der Waals surface area contributed by atoms with E-state index < -0.39 is 0 Å². The van der Waals surface area contributed by atoms with E-state index in [4.69, 9.17) is 14.4 Å². The van der Waals surface area contributed by atoms with E-state index >= 15 is 0 Å². The molecule has 0 aromatic rings. The summed E-state index contributed by atoms with van der Waals surface area (Å²) in [6, 6.07) is 0. The van der Waals surface area contributed by atoms with Gasteiger partial charge in [0.15, 0.2) is 0 Å². The van der Waals surface area contributed by atoms with Gasteiger partial charge in [-0.1, -0.05) is 18.8 Å². The van der Waals surface area contributed by atoms with E-state index in [1.807, 2.05) is 20.4 Å². The van der Waals surface area contributed by atoms with Crippen molar-refractivity contribution in [2.75, 3.05) is 0 Å². The topological polar surface area (TPSA) is 51.2 Å². The summed E-state index contributed by atoms with van der Waals surface area (Å²) in [6.07, 6.45) is 14.1. The average Bonchev–Trinajstić information content (AvgIpc) is 2.85. The van der Waals surface area contributed by atoms with Crippen molar-refractivity contribution >= 4 is 20.4 Å². The smallest absolute Gasteiger partial charge is 0.106 e. The third-order valence-corrected chi connectivity index (χ3v) is 2.33. The van der Waals surface area contributed by atoms with Crippen molar-refractivity contribution in [3.8, 4) is 0 Å². The van der Waals surface area contributed by atoms with Gasteiger partial charge in [0, 0.05) is 17.1 Å². The molecule has 0 amide bonds. The Morgan fingerprint density at radius 2 is 1.56 bits per heavy atom. The molecule has 0 bridgehead atoms. The van der Waals surface area contributed by atoms with Crippen LogP contribution in [0.3, 0.4) is 0 Å². The number of allylic oxidation sites excluding steroid dienone is 4. The van der Waals surface area contributed by atoms with Gasteiger partial charge >= 0.3 is 0 Å². The second-order valence-corrected chi connectivity index (χ2v) is 2.92. The molecule has 0 spiro atoms. The van der Waals surface area contributed by atoms with Gasteiger partial charge < -0.3 is 14.4 Å². The first kappa shape index (κ1) is 20.4. The van der Waals surface area contributed by atoms with Crippen molar-refractivity contribution in [1.82, 2.24) is 0 Å². The Kier molecular flexibility index (Phi) is 21.0. The predicted molar refractivity (Wildman–Crippen MR) is 59.1 cm³/mol. The summed E-state index contributed by atoms with van der Waals surface area (Å²) in [5.74, 6) is 1.62. The largest absolute Gasteiger partial charge is 0.307 e. The van der Waals surface area contributed by atoms with Crippen LogP contribution in [0.4, 0.5) is 0 Å². The third-order valence-electron chi connectivity index (χ3n) is 2.33. The molecular weight excluding hydrogens is 247 g/mol. The van der Waals surface area contributed by atoms with Gasteiger partial charge in [-0.2, -0.15) is 6.08 Å². The maximum atomic E-state index is 8.00. The van der Waals surface area contributed by atoms with Gasteiger partial charge in [0.05, 0.1) is 0 Å². The van der Waals surface area contributed by atoms with E-state index in [1.54, 1.807) is 0 Å². The van der Waals surface area contributed by atoms with Crippen molar-refractivity contribution in [3.05, 3.63) is 24.3 Å². The second-order valence-electron chi connectivity index (χ2n) is 2.92.